The van der Waals surface area contributed by atoms with Gasteiger partial charge in [-0.15, -0.1) is 0 Å². The van der Waals surface area contributed by atoms with Gasteiger partial charge >= 0.3 is 0 Å². The first kappa shape index (κ1) is 19.0. The van der Waals surface area contributed by atoms with E-state index >= 15 is 0 Å². The van der Waals surface area contributed by atoms with Crippen molar-refractivity contribution in [3.63, 3.8) is 0 Å². The molecule has 0 unspecified atom stereocenters. The molecule has 2 aliphatic heterocycles. The Morgan fingerprint density at radius 2 is 1.70 bits per heavy atom. The molecule has 30 heavy (non-hydrogen) atoms. The van der Waals surface area contributed by atoms with E-state index < -0.39 is 0 Å². The second kappa shape index (κ2) is 7.67. The van der Waals surface area contributed by atoms with E-state index in [1.807, 2.05) is 65.7 Å². The molecule has 2 atom stereocenters. The van der Waals surface area contributed by atoms with Crippen molar-refractivity contribution in [1.82, 2.24) is 14.8 Å². The molecule has 0 aliphatic carbocycles. The van der Waals surface area contributed by atoms with Crippen molar-refractivity contribution in [3.8, 4) is 0 Å². The van der Waals surface area contributed by atoms with E-state index in [1.165, 1.54) is 5.56 Å². The van der Waals surface area contributed by atoms with Gasteiger partial charge in [0.15, 0.2) is 0 Å². The summed E-state index contributed by atoms with van der Waals surface area (Å²) in [5.41, 5.74) is 2.91. The van der Waals surface area contributed by atoms with Crippen molar-refractivity contribution in [2.24, 2.45) is 0 Å². The van der Waals surface area contributed by atoms with Crippen LogP contribution in [0.2, 0.25) is 0 Å². The number of aromatic nitrogens is 1. The van der Waals surface area contributed by atoms with E-state index in [0.717, 1.165) is 17.7 Å². The Morgan fingerprint density at radius 3 is 2.33 bits per heavy atom. The Labute approximate surface area is 176 Å². The summed E-state index contributed by atoms with van der Waals surface area (Å²) in [6, 6.07) is 23.9. The van der Waals surface area contributed by atoms with Gasteiger partial charge in [-0.25, -0.2) is 0 Å². The second-order valence-corrected chi connectivity index (χ2v) is 8.26. The predicted octanol–water partition coefficient (Wildman–Crippen LogP) is 2.94. The highest BCUT2D eigenvalue weighted by atomic mass is 16.3. The minimum absolute atomic E-state index is 0.0292. The predicted molar refractivity (Wildman–Crippen MR) is 115 cm³/mol. The van der Waals surface area contributed by atoms with Crippen LogP contribution in [0, 0.1) is 0 Å². The number of nitrogens with zero attached hydrogens (tertiary/aromatic N) is 3. The molecule has 2 saturated heterocycles. The Morgan fingerprint density at radius 1 is 1.00 bits per heavy atom. The minimum Gasteiger partial charge on any atom is -0.395 e. The zero-order chi connectivity index (χ0) is 20.6. The number of pyridine rings is 1. The third-order valence-electron chi connectivity index (χ3n) is 6.59. The molecule has 5 rings (SSSR count). The van der Waals surface area contributed by atoms with Crippen molar-refractivity contribution in [2.75, 3.05) is 19.7 Å². The molecule has 3 aromatic rings. The number of hydrogen-bond acceptors (Lipinski definition) is 4. The van der Waals surface area contributed by atoms with Crippen LogP contribution in [-0.2, 0) is 6.54 Å². The summed E-state index contributed by atoms with van der Waals surface area (Å²) >= 11 is 0. The molecular formula is C25H25N3O2. The van der Waals surface area contributed by atoms with Gasteiger partial charge in [-0.3, -0.25) is 14.7 Å². The number of hydrogen-bond donors (Lipinski definition) is 1. The lowest BCUT2D eigenvalue weighted by molar-refractivity contribution is -0.184. The first-order valence-electron chi connectivity index (χ1n) is 10.4. The number of amides is 1. The lowest BCUT2D eigenvalue weighted by atomic mass is 9.60. The Hall–Kier alpha value is -3.02. The first-order chi connectivity index (χ1) is 14.7. The third-order valence-corrected chi connectivity index (χ3v) is 6.59. The molecule has 1 spiro atoms. The van der Waals surface area contributed by atoms with Gasteiger partial charge in [-0.05, 0) is 29.3 Å². The molecule has 2 fully saturated rings. The molecule has 0 radical (unpaired) electrons. The molecule has 3 heterocycles. The number of rotatable bonds is 5. The number of benzene rings is 2. The SMILES string of the molecule is O=C(c1ccccc1)N1CC2(C1)[C@H](c1ccccc1)[C@@H](CO)N2Cc1cccnc1. The molecule has 2 aliphatic rings. The van der Waals surface area contributed by atoms with Crippen LogP contribution in [0.25, 0.3) is 0 Å². The van der Waals surface area contributed by atoms with E-state index in [9.17, 15) is 9.90 Å². The number of aliphatic hydroxyl groups is 1. The molecule has 0 saturated carbocycles. The van der Waals surface area contributed by atoms with E-state index in [0.29, 0.717) is 13.1 Å². The van der Waals surface area contributed by atoms with Crippen LogP contribution < -0.4 is 0 Å². The van der Waals surface area contributed by atoms with Gasteiger partial charge in [0.25, 0.3) is 5.91 Å². The van der Waals surface area contributed by atoms with Crippen LogP contribution in [0.5, 0.6) is 0 Å². The quantitative estimate of drug-likeness (QED) is 0.717. The maximum Gasteiger partial charge on any atom is 0.253 e. The Kier molecular flexibility index (Phi) is 4.85. The second-order valence-electron chi connectivity index (χ2n) is 8.26. The van der Waals surface area contributed by atoms with Gasteiger partial charge in [-0.2, -0.15) is 0 Å². The van der Waals surface area contributed by atoms with E-state index in [1.54, 1.807) is 6.20 Å². The van der Waals surface area contributed by atoms with Gasteiger partial charge in [0, 0.05) is 49.6 Å². The lowest BCUT2D eigenvalue weighted by Crippen LogP contribution is -2.84. The molecular weight excluding hydrogens is 374 g/mol. The molecule has 5 nitrogen and oxygen atoms in total. The van der Waals surface area contributed by atoms with Gasteiger partial charge in [-0.1, -0.05) is 54.6 Å². The van der Waals surface area contributed by atoms with Crippen molar-refractivity contribution < 1.29 is 9.90 Å². The van der Waals surface area contributed by atoms with Crippen molar-refractivity contribution in [2.45, 2.75) is 24.0 Å². The molecule has 2 aromatic carbocycles. The average molecular weight is 399 g/mol. The number of carbonyl (C=O) groups excluding carboxylic acids is 1. The highest BCUT2D eigenvalue weighted by Gasteiger charge is 2.66. The van der Waals surface area contributed by atoms with Crippen LogP contribution in [0.15, 0.2) is 85.2 Å². The molecule has 1 aromatic heterocycles. The van der Waals surface area contributed by atoms with Crippen LogP contribution in [0.1, 0.15) is 27.4 Å². The maximum absolute atomic E-state index is 13.0. The zero-order valence-electron chi connectivity index (χ0n) is 16.8. The maximum atomic E-state index is 13.0. The van der Waals surface area contributed by atoms with Gasteiger partial charge < -0.3 is 10.0 Å². The average Bonchev–Trinajstić information content (AvgIpc) is 2.77. The Bertz CT molecular complexity index is 1000. The summed E-state index contributed by atoms with van der Waals surface area (Å²) in [4.78, 5) is 21.5. The standard InChI is InChI=1S/C25H25N3O2/c29-16-22-23(20-9-3-1-4-10-20)25(28(22)15-19-8-7-13-26-14-19)17-27(18-25)24(30)21-11-5-2-6-12-21/h1-14,22-23,29H,15-18H2/t22-,23-/m1/s1. The Balaban J connectivity index is 1.43. The minimum atomic E-state index is -0.158. The van der Waals surface area contributed by atoms with Crippen molar-refractivity contribution in [3.05, 3.63) is 102 Å². The molecule has 152 valence electrons. The normalized spacial score (nSPS) is 22.4. The smallest absolute Gasteiger partial charge is 0.253 e. The number of likely N-dealkylation sites (tertiary alicyclic amines) is 2. The van der Waals surface area contributed by atoms with Gasteiger partial charge in [0.05, 0.1) is 12.1 Å². The van der Waals surface area contributed by atoms with Crippen LogP contribution in [-0.4, -0.2) is 57.1 Å². The molecule has 1 N–H and O–H groups in total. The fourth-order valence-electron chi connectivity index (χ4n) is 5.22. The highest BCUT2D eigenvalue weighted by molar-refractivity contribution is 5.95. The third kappa shape index (κ3) is 3.02. The fraction of sp³-hybridized carbons (Fsp3) is 0.280. The summed E-state index contributed by atoms with van der Waals surface area (Å²) in [6.07, 6.45) is 3.65. The van der Waals surface area contributed by atoms with E-state index in [2.05, 4.69) is 28.1 Å². The van der Waals surface area contributed by atoms with E-state index in [-0.39, 0.29) is 30.0 Å². The van der Waals surface area contributed by atoms with Gasteiger partial charge in [0.2, 0.25) is 0 Å². The molecule has 1 amide bonds. The van der Waals surface area contributed by atoms with Gasteiger partial charge in [0.1, 0.15) is 0 Å². The number of carbonyl (C=O) groups is 1. The lowest BCUT2D eigenvalue weighted by Gasteiger charge is -2.70. The van der Waals surface area contributed by atoms with E-state index in [4.69, 9.17) is 0 Å². The first-order valence-corrected chi connectivity index (χ1v) is 10.4. The summed E-state index contributed by atoms with van der Waals surface area (Å²) in [5, 5.41) is 10.2. The molecule has 5 heteroatoms. The summed E-state index contributed by atoms with van der Waals surface area (Å²) in [5.74, 6) is 0.266. The zero-order valence-corrected chi connectivity index (χ0v) is 16.8. The summed E-state index contributed by atoms with van der Waals surface area (Å²) in [6.45, 7) is 2.14. The summed E-state index contributed by atoms with van der Waals surface area (Å²) in [7, 11) is 0. The van der Waals surface area contributed by atoms with Crippen LogP contribution in [0.3, 0.4) is 0 Å². The van der Waals surface area contributed by atoms with Crippen molar-refractivity contribution >= 4 is 5.91 Å². The molecule has 0 bridgehead atoms. The topological polar surface area (TPSA) is 56.7 Å². The fourth-order valence-corrected chi connectivity index (χ4v) is 5.22. The monoisotopic (exact) mass is 399 g/mol. The highest BCUT2D eigenvalue weighted by Crippen LogP contribution is 2.54. The van der Waals surface area contributed by atoms with Crippen LogP contribution >= 0.6 is 0 Å². The largest absolute Gasteiger partial charge is 0.395 e. The number of aliphatic hydroxyl groups excluding tert-OH is 1. The van der Waals surface area contributed by atoms with Crippen LogP contribution in [0.4, 0.5) is 0 Å². The summed E-state index contributed by atoms with van der Waals surface area (Å²) < 4.78 is 0. The van der Waals surface area contributed by atoms with Crippen molar-refractivity contribution in [1.29, 1.82) is 0 Å².